The van der Waals surface area contributed by atoms with Gasteiger partial charge in [0, 0.05) is 18.3 Å². The summed E-state index contributed by atoms with van der Waals surface area (Å²) in [5.74, 6) is 0.213. The predicted octanol–water partition coefficient (Wildman–Crippen LogP) is -0.415. The zero-order chi connectivity index (χ0) is 11.5. The normalized spacial score (nSPS) is 10.9. The van der Waals surface area contributed by atoms with Crippen molar-refractivity contribution >= 4 is 15.8 Å². The van der Waals surface area contributed by atoms with E-state index in [2.05, 4.69) is 9.71 Å². The molecule has 6 nitrogen and oxygen atoms in total. The van der Waals surface area contributed by atoms with Crippen LogP contribution in [0.3, 0.4) is 0 Å². The van der Waals surface area contributed by atoms with Crippen molar-refractivity contribution < 1.29 is 8.42 Å². The molecule has 0 bridgehead atoms. The molecule has 7 heteroatoms. The standard InChI is InChI=1S/C8H10N4O2S/c1-15(13,14)12-5-7-2-6(3-9)4-11-8(7)10/h2,4,12H,5H2,1H3,(H2,10,11). The molecule has 0 saturated carbocycles. The van der Waals surface area contributed by atoms with E-state index in [0.717, 1.165) is 6.26 Å². The van der Waals surface area contributed by atoms with E-state index in [4.69, 9.17) is 11.0 Å². The summed E-state index contributed by atoms with van der Waals surface area (Å²) in [5, 5.41) is 8.61. The average molecular weight is 226 g/mol. The summed E-state index contributed by atoms with van der Waals surface area (Å²) in [6.45, 7) is 0.0349. The van der Waals surface area contributed by atoms with E-state index >= 15 is 0 Å². The third kappa shape index (κ3) is 3.53. The van der Waals surface area contributed by atoms with Crippen LogP contribution in [0, 0.1) is 11.3 Å². The second-order valence-corrected chi connectivity index (χ2v) is 4.81. The Labute approximate surface area is 87.8 Å². The molecule has 15 heavy (non-hydrogen) atoms. The van der Waals surface area contributed by atoms with Crippen LogP contribution in [0.2, 0.25) is 0 Å². The third-order valence-corrected chi connectivity index (χ3v) is 2.32. The van der Waals surface area contributed by atoms with E-state index < -0.39 is 10.0 Å². The average Bonchev–Trinajstić information content (AvgIpc) is 2.15. The highest BCUT2D eigenvalue weighted by atomic mass is 32.2. The molecular formula is C8H10N4O2S. The van der Waals surface area contributed by atoms with Crippen LogP contribution >= 0.6 is 0 Å². The zero-order valence-electron chi connectivity index (χ0n) is 8.06. The van der Waals surface area contributed by atoms with Crippen molar-refractivity contribution in [2.75, 3.05) is 12.0 Å². The summed E-state index contributed by atoms with van der Waals surface area (Å²) in [7, 11) is -3.27. The summed E-state index contributed by atoms with van der Waals surface area (Å²) in [5.41, 5.74) is 6.35. The maximum atomic E-state index is 10.8. The second kappa shape index (κ2) is 4.25. The lowest BCUT2D eigenvalue weighted by Gasteiger charge is -2.05. The van der Waals surface area contributed by atoms with Crippen LogP contribution in [0.15, 0.2) is 12.3 Å². The molecule has 0 fully saturated rings. The van der Waals surface area contributed by atoms with E-state index in [-0.39, 0.29) is 12.4 Å². The molecule has 0 radical (unpaired) electrons. The van der Waals surface area contributed by atoms with Crippen LogP contribution in [0.1, 0.15) is 11.1 Å². The smallest absolute Gasteiger partial charge is 0.209 e. The lowest BCUT2D eigenvalue weighted by atomic mass is 10.2. The maximum Gasteiger partial charge on any atom is 0.209 e. The first-order chi connectivity index (χ1) is 6.92. The number of nitrogens with two attached hydrogens (primary N) is 1. The minimum absolute atomic E-state index is 0.0349. The molecule has 0 spiro atoms. The van der Waals surface area contributed by atoms with Gasteiger partial charge in [0.15, 0.2) is 0 Å². The predicted molar refractivity (Wildman–Crippen MR) is 55.0 cm³/mol. The molecule has 80 valence electrons. The van der Waals surface area contributed by atoms with Gasteiger partial charge in [0.2, 0.25) is 10.0 Å². The summed E-state index contributed by atoms with van der Waals surface area (Å²) < 4.78 is 23.9. The van der Waals surface area contributed by atoms with Crippen LogP contribution in [-0.2, 0) is 16.6 Å². The minimum atomic E-state index is -3.27. The molecule has 0 saturated heterocycles. The van der Waals surface area contributed by atoms with Crippen LogP contribution in [0.5, 0.6) is 0 Å². The van der Waals surface area contributed by atoms with Crippen LogP contribution in [-0.4, -0.2) is 19.7 Å². The Morgan fingerprint density at radius 2 is 2.33 bits per heavy atom. The molecule has 3 N–H and O–H groups in total. The summed E-state index contributed by atoms with van der Waals surface area (Å²) >= 11 is 0. The van der Waals surface area contributed by atoms with Crippen molar-refractivity contribution in [3.63, 3.8) is 0 Å². The van der Waals surface area contributed by atoms with Gasteiger partial charge in [0.25, 0.3) is 0 Å². The molecule has 0 aliphatic carbocycles. The van der Waals surface area contributed by atoms with Gasteiger partial charge in [-0.3, -0.25) is 0 Å². The fourth-order valence-corrected chi connectivity index (χ4v) is 1.35. The summed E-state index contributed by atoms with van der Waals surface area (Å²) in [4.78, 5) is 3.77. The minimum Gasteiger partial charge on any atom is -0.383 e. The molecule has 1 rings (SSSR count). The fourth-order valence-electron chi connectivity index (χ4n) is 0.932. The molecule has 0 unspecified atom stereocenters. The van der Waals surface area contributed by atoms with Gasteiger partial charge >= 0.3 is 0 Å². The largest absolute Gasteiger partial charge is 0.383 e. The Morgan fingerprint density at radius 3 is 2.87 bits per heavy atom. The first-order valence-corrected chi connectivity index (χ1v) is 5.90. The van der Waals surface area contributed by atoms with Gasteiger partial charge in [-0.15, -0.1) is 0 Å². The number of nitrogen functional groups attached to an aromatic ring is 1. The van der Waals surface area contributed by atoms with Crippen molar-refractivity contribution in [1.29, 1.82) is 5.26 Å². The van der Waals surface area contributed by atoms with Crippen LogP contribution in [0.25, 0.3) is 0 Å². The van der Waals surface area contributed by atoms with Gasteiger partial charge in [-0.1, -0.05) is 0 Å². The Morgan fingerprint density at radius 1 is 1.67 bits per heavy atom. The number of pyridine rings is 1. The van der Waals surface area contributed by atoms with Gasteiger partial charge in [0.05, 0.1) is 11.8 Å². The van der Waals surface area contributed by atoms with E-state index in [1.54, 1.807) is 0 Å². The second-order valence-electron chi connectivity index (χ2n) is 2.97. The quantitative estimate of drug-likeness (QED) is 0.727. The molecule has 1 aromatic rings. The first kappa shape index (κ1) is 11.4. The van der Waals surface area contributed by atoms with Crippen molar-refractivity contribution in [1.82, 2.24) is 9.71 Å². The lowest BCUT2D eigenvalue weighted by molar-refractivity contribution is 0.587. The molecule has 0 aromatic carbocycles. The highest BCUT2D eigenvalue weighted by Gasteiger charge is 2.05. The van der Waals surface area contributed by atoms with Crippen molar-refractivity contribution in [2.45, 2.75) is 6.54 Å². The summed E-state index contributed by atoms with van der Waals surface area (Å²) in [6, 6.07) is 3.40. The lowest BCUT2D eigenvalue weighted by Crippen LogP contribution is -2.22. The Bertz CT molecular complexity index is 504. The molecule has 0 aliphatic rings. The van der Waals surface area contributed by atoms with E-state index in [1.807, 2.05) is 6.07 Å². The Kier molecular flexibility index (Phi) is 3.24. The van der Waals surface area contributed by atoms with Crippen molar-refractivity contribution in [2.24, 2.45) is 0 Å². The van der Waals surface area contributed by atoms with Gasteiger partial charge in [0.1, 0.15) is 11.9 Å². The molecule has 0 atom stereocenters. The van der Waals surface area contributed by atoms with Crippen molar-refractivity contribution in [3.05, 3.63) is 23.4 Å². The number of nitrogens with zero attached hydrogens (tertiary/aromatic N) is 2. The first-order valence-electron chi connectivity index (χ1n) is 4.01. The fraction of sp³-hybridized carbons (Fsp3) is 0.250. The number of nitriles is 1. The van der Waals surface area contributed by atoms with E-state index in [9.17, 15) is 8.42 Å². The van der Waals surface area contributed by atoms with Gasteiger partial charge in [-0.05, 0) is 6.07 Å². The molecule has 0 amide bonds. The van der Waals surface area contributed by atoms with Crippen LogP contribution in [0.4, 0.5) is 5.82 Å². The number of nitrogens with one attached hydrogen (secondary N) is 1. The van der Waals surface area contributed by atoms with Gasteiger partial charge in [-0.2, -0.15) is 5.26 Å². The van der Waals surface area contributed by atoms with E-state index in [1.165, 1.54) is 12.3 Å². The number of anilines is 1. The number of rotatable bonds is 3. The molecule has 1 heterocycles. The van der Waals surface area contributed by atoms with Gasteiger partial charge in [-0.25, -0.2) is 18.1 Å². The molecule has 0 aliphatic heterocycles. The SMILES string of the molecule is CS(=O)(=O)NCc1cc(C#N)cnc1N. The van der Waals surface area contributed by atoms with Gasteiger partial charge < -0.3 is 5.73 Å². The van der Waals surface area contributed by atoms with Crippen molar-refractivity contribution in [3.8, 4) is 6.07 Å². The molecule has 1 aromatic heterocycles. The van der Waals surface area contributed by atoms with Crippen LogP contribution < -0.4 is 10.5 Å². The molecular weight excluding hydrogens is 216 g/mol. The summed E-state index contributed by atoms with van der Waals surface area (Å²) in [6.07, 6.45) is 2.38. The number of hydrogen-bond acceptors (Lipinski definition) is 5. The Balaban J connectivity index is 2.90. The number of sulfonamides is 1. The Hall–Kier alpha value is -1.65. The number of hydrogen-bond donors (Lipinski definition) is 2. The van der Waals surface area contributed by atoms with E-state index in [0.29, 0.717) is 11.1 Å². The third-order valence-electron chi connectivity index (χ3n) is 1.66. The highest BCUT2D eigenvalue weighted by molar-refractivity contribution is 7.88. The number of aromatic nitrogens is 1. The maximum absolute atomic E-state index is 10.8. The zero-order valence-corrected chi connectivity index (χ0v) is 8.87. The topological polar surface area (TPSA) is 109 Å². The highest BCUT2D eigenvalue weighted by Crippen LogP contribution is 2.09. The monoisotopic (exact) mass is 226 g/mol.